The Morgan fingerprint density at radius 2 is 2.07 bits per heavy atom. The normalized spacial score (nSPS) is 9.87. The first-order chi connectivity index (χ1) is 7.33. The van der Waals surface area contributed by atoms with Crippen molar-refractivity contribution < 1.29 is 0 Å². The van der Waals surface area contributed by atoms with Crippen LogP contribution in [-0.2, 0) is 0 Å². The standard InChI is InChI=1S/C10H8N4O/c11-10-8(5-13-6-9(10)14-15)7-2-1-3-12-4-7/h1-6H,(H2,11,13). The van der Waals surface area contributed by atoms with E-state index in [-0.39, 0.29) is 5.69 Å². The van der Waals surface area contributed by atoms with Gasteiger partial charge in [0.1, 0.15) is 5.69 Å². The van der Waals surface area contributed by atoms with Gasteiger partial charge in [0.2, 0.25) is 0 Å². The molecule has 0 amide bonds. The molecule has 0 saturated heterocycles. The van der Waals surface area contributed by atoms with Crippen LogP contribution in [0, 0.1) is 4.91 Å². The van der Waals surface area contributed by atoms with Crippen LogP contribution in [0.15, 0.2) is 42.1 Å². The minimum absolute atomic E-state index is 0.149. The Morgan fingerprint density at radius 1 is 1.20 bits per heavy atom. The minimum atomic E-state index is 0.149. The Labute approximate surface area is 86.0 Å². The highest BCUT2D eigenvalue weighted by atomic mass is 16.3. The molecule has 0 radical (unpaired) electrons. The lowest BCUT2D eigenvalue weighted by Crippen LogP contribution is -1.92. The van der Waals surface area contributed by atoms with E-state index in [4.69, 9.17) is 5.73 Å². The van der Waals surface area contributed by atoms with Gasteiger partial charge < -0.3 is 5.73 Å². The van der Waals surface area contributed by atoms with Gasteiger partial charge in [-0.3, -0.25) is 9.97 Å². The summed E-state index contributed by atoms with van der Waals surface area (Å²) in [6, 6.07) is 3.63. The van der Waals surface area contributed by atoms with Crippen LogP contribution in [0.2, 0.25) is 0 Å². The number of nitrogens with zero attached hydrogens (tertiary/aromatic N) is 3. The molecule has 2 aromatic rings. The van der Waals surface area contributed by atoms with Gasteiger partial charge in [-0.05, 0) is 11.2 Å². The van der Waals surface area contributed by atoms with Crippen molar-refractivity contribution in [1.29, 1.82) is 0 Å². The second kappa shape index (κ2) is 3.83. The zero-order chi connectivity index (χ0) is 10.7. The first-order valence-electron chi connectivity index (χ1n) is 4.30. The van der Waals surface area contributed by atoms with E-state index >= 15 is 0 Å². The number of rotatable bonds is 2. The maximum absolute atomic E-state index is 10.4. The topological polar surface area (TPSA) is 81.2 Å². The molecule has 0 spiro atoms. The van der Waals surface area contributed by atoms with E-state index in [1.807, 2.05) is 6.07 Å². The van der Waals surface area contributed by atoms with E-state index < -0.39 is 0 Å². The number of aromatic nitrogens is 2. The summed E-state index contributed by atoms with van der Waals surface area (Å²) in [5, 5.41) is 2.80. The summed E-state index contributed by atoms with van der Waals surface area (Å²) in [6.07, 6.45) is 6.24. The van der Waals surface area contributed by atoms with E-state index in [0.29, 0.717) is 11.3 Å². The average molecular weight is 200 g/mol. The fraction of sp³-hybridized carbons (Fsp3) is 0. The third-order valence-corrected chi connectivity index (χ3v) is 2.04. The van der Waals surface area contributed by atoms with E-state index in [0.717, 1.165) is 5.56 Å². The maximum Gasteiger partial charge on any atom is 0.149 e. The Morgan fingerprint density at radius 3 is 2.73 bits per heavy atom. The number of nitrogen functional groups attached to an aromatic ring is 1. The molecule has 2 N–H and O–H groups in total. The van der Waals surface area contributed by atoms with Gasteiger partial charge in [0.25, 0.3) is 0 Å². The molecule has 0 aliphatic carbocycles. The van der Waals surface area contributed by atoms with Crippen molar-refractivity contribution in [3.05, 3.63) is 41.8 Å². The van der Waals surface area contributed by atoms with Gasteiger partial charge in [0.15, 0.2) is 0 Å². The summed E-state index contributed by atoms with van der Waals surface area (Å²) < 4.78 is 0. The largest absolute Gasteiger partial charge is 0.396 e. The molecule has 0 aliphatic heterocycles. The van der Waals surface area contributed by atoms with Gasteiger partial charge in [-0.1, -0.05) is 6.07 Å². The van der Waals surface area contributed by atoms with Crippen molar-refractivity contribution in [2.24, 2.45) is 5.18 Å². The molecule has 2 aromatic heterocycles. The lowest BCUT2D eigenvalue weighted by molar-refractivity contribution is 1.28. The third-order valence-electron chi connectivity index (χ3n) is 2.04. The molecule has 0 aliphatic rings. The van der Waals surface area contributed by atoms with Crippen LogP contribution >= 0.6 is 0 Å². The third kappa shape index (κ3) is 1.67. The Kier molecular flexibility index (Phi) is 2.37. The summed E-state index contributed by atoms with van der Waals surface area (Å²) in [7, 11) is 0. The number of hydrogen-bond donors (Lipinski definition) is 1. The predicted octanol–water partition coefficient (Wildman–Crippen LogP) is 2.12. The number of nitroso groups, excluding NO2 is 1. The monoisotopic (exact) mass is 200 g/mol. The lowest BCUT2D eigenvalue weighted by atomic mass is 10.1. The molecule has 2 rings (SSSR count). The Bertz CT molecular complexity index is 484. The van der Waals surface area contributed by atoms with Crippen LogP contribution < -0.4 is 5.73 Å². The highest BCUT2D eigenvalue weighted by Crippen LogP contribution is 2.31. The van der Waals surface area contributed by atoms with Crippen molar-refractivity contribution in [1.82, 2.24) is 9.97 Å². The molecule has 5 nitrogen and oxygen atoms in total. The van der Waals surface area contributed by atoms with Crippen molar-refractivity contribution in [3.8, 4) is 11.1 Å². The van der Waals surface area contributed by atoms with Crippen molar-refractivity contribution >= 4 is 11.4 Å². The first-order valence-corrected chi connectivity index (χ1v) is 4.30. The first kappa shape index (κ1) is 9.26. The molecule has 2 heterocycles. The molecule has 15 heavy (non-hydrogen) atoms. The van der Waals surface area contributed by atoms with Crippen LogP contribution in [0.1, 0.15) is 0 Å². The van der Waals surface area contributed by atoms with Crippen LogP contribution in [0.3, 0.4) is 0 Å². The van der Waals surface area contributed by atoms with Crippen molar-refractivity contribution in [2.75, 3.05) is 5.73 Å². The van der Waals surface area contributed by atoms with Gasteiger partial charge in [0, 0.05) is 29.7 Å². The molecule has 0 unspecified atom stereocenters. The van der Waals surface area contributed by atoms with E-state index in [2.05, 4.69) is 15.1 Å². The van der Waals surface area contributed by atoms with E-state index in [1.165, 1.54) is 6.20 Å². The molecule has 0 fully saturated rings. The highest BCUT2D eigenvalue weighted by molar-refractivity contribution is 5.82. The zero-order valence-corrected chi connectivity index (χ0v) is 7.79. The van der Waals surface area contributed by atoms with Gasteiger partial charge in [0.05, 0.1) is 11.9 Å². The SMILES string of the molecule is Nc1c(N=O)cncc1-c1cccnc1. The summed E-state index contributed by atoms with van der Waals surface area (Å²) >= 11 is 0. The van der Waals surface area contributed by atoms with Crippen LogP contribution in [0.5, 0.6) is 0 Å². The molecule has 0 saturated carbocycles. The second-order valence-corrected chi connectivity index (χ2v) is 2.95. The summed E-state index contributed by atoms with van der Waals surface area (Å²) in [5.74, 6) is 0. The molecule has 0 bridgehead atoms. The second-order valence-electron chi connectivity index (χ2n) is 2.95. The summed E-state index contributed by atoms with van der Waals surface area (Å²) in [5.41, 5.74) is 7.72. The van der Waals surface area contributed by atoms with E-state index in [9.17, 15) is 4.91 Å². The van der Waals surface area contributed by atoms with Crippen LogP contribution in [0.4, 0.5) is 11.4 Å². The molecule has 74 valence electrons. The number of anilines is 1. The van der Waals surface area contributed by atoms with Gasteiger partial charge in [-0.2, -0.15) is 0 Å². The van der Waals surface area contributed by atoms with Gasteiger partial charge in [-0.15, -0.1) is 4.91 Å². The fourth-order valence-electron chi connectivity index (χ4n) is 1.28. The quantitative estimate of drug-likeness (QED) is 0.753. The number of pyridine rings is 2. The molecular formula is C10H8N4O. The number of hydrogen-bond acceptors (Lipinski definition) is 5. The smallest absolute Gasteiger partial charge is 0.149 e. The Balaban J connectivity index is 2.59. The summed E-state index contributed by atoms with van der Waals surface area (Å²) in [6.45, 7) is 0. The minimum Gasteiger partial charge on any atom is -0.396 e. The molecule has 0 aromatic carbocycles. The molecular weight excluding hydrogens is 192 g/mol. The van der Waals surface area contributed by atoms with Gasteiger partial charge >= 0.3 is 0 Å². The highest BCUT2D eigenvalue weighted by Gasteiger charge is 2.07. The molecule has 0 atom stereocenters. The van der Waals surface area contributed by atoms with Crippen molar-refractivity contribution in [2.45, 2.75) is 0 Å². The van der Waals surface area contributed by atoms with E-state index in [1.54, 1.807) is 24.7 Å². The van der Waals surface area contributed by atoms with Gasteiger partial charge in [-0.25, -0.2) is 0 Å². The summed E-state index contributed by atoms with van der Waals surface area (Å²) in [4.78, 5) is 18.3. The lowest BCUT2D eigenvalue weighted by Gasteiger charge is -2.04. The predicted molar refractivity (Wildman–Crippen MR) is 57.3 cm³/mol. The van der Waals surface area contributed by atoms with Crippen molar-refractivity contribution in [3.63, 3.8) is 0 Å². The zero-order valence-electron chi connectivity index (χ0n) is 7.79. The average Bonchev–Trinajstić information content (AvgIpc) is 2.30. The van der Waals surface area contributed by atoms with Crippen LogP contribution in [-0.4, -0.2) is 9.97 Å². The molecule has 5 heteroatoms. The maximum atomic E-state index is 10.4. The Hall–Kier alpha value is -2.30. The number of nitrogens with two attached hydrogens (primary N) is 1. The van der Waals surface area contributed by atoms with Crippen LogP contribution in [0.25, 0.3) is 11.1 Å². The fourth-order valence-corrected chi connectivity index (χ4v) is 1.28.